The molecule has 2 rings (SSSR count). The predicted molar refractivity (Wildman–Crippen MR) is 75.5 cm³/mol. The summed E-state index contributed by atoms with van der Waals surface area (Å²) in [5.41, 5.74) is 0.805. The maximum atomic E-state index is 11.0. The van der Waals surface area contributed by atoms with Crippen molar-refractivity contribution in [3.05, 3.63) is 26.7 Å². The van der Waals surface area contributed by atoms with Crippen LogP contribution in [-0.4, -0.2) is 18.7 Å². The Balaban J connectivity index is 2.28. The largest absolute Gasteiger partial charge is 0.423 e. The van der Waals surface area contributed by atoms with Crippen molar-refractivity contribution in [2.24, 2.45) is 0 Å². The van der Waals surface area contributed by atoms with Gasteiger partial charge in [-0.25, -0.2) is 0 Å². The Hall–Kier alpha value is -0.480. The highest BCUT2D eigenvalue weighted by Crippen LogP contribution is 2.41. The van der Waals surface area contributed by atoms with Crippen molar-refractivity contribution >= 4 is 40.8 Å². The molecule has 0 amide bonds. The van der Waals surface area contributed by atoms with E-state index in [4.69, 9.17) is 44.3 Å². The third-order valence-electron chi connectivity index (χ3n) is 2.91. The van der Waals surface area contributed by atoms with Gasteiger partial charge >= 0.3 is 5.97 Å². The molecule has 0 saturated carbocycles. The maximum absolute atomic E-state index is 11.0. The van der Waals surface area contributed by atoms with Crippen molar-refractivity contribution in [1.29, 1.82) is 0 Å². The molecule has 1 saturated heterocycles. The standard InChI is InChI=1S/C13H13Cl3O3/c1-7(17)19-13-10(14)6-8(11(15)12(13)16)5-9-3-2-4-18-9/h6,9H,2-5H2,1H3. The van der Waals surface area contributed by atoms with Gasteiger partial charge in [-0.05, 0) is 24.5 Å². The van der Waals surface area contributed by atoms with Crippen molar-refractivity contribution in [2.45, 2.75) is 32.3 Å². The number of ether oxygens (including phenoxy) is 2. The number of benzene rings is 1. The summed E-state index contributed by atoms with van der Waals surface area (Å²) in [6.07, 6.45) is 2.84. The Morgan fingerprint density at radius 3 is 2.74 bits per heavy atom. The average Bonchev–Trinajstić information content (AvgIpc) is 2.84. The van der Waals surface area contributed by atoms with Gasteiger partial charge in [0.15, 0.2) is 5.75 Å². The highest BCUT2D eigenvalue weighted by atomic mass is 35.5. The molecule has 0 bridgehead atoms. The summed E-state index contributed by atoms with van der Waals surface area (Å²) in [7, 11) is 0. The monoisotopic (exact) mass is 322 g/mol. The van der Waals surface area contributed by atoms with Gasteiger partial charge in [-0.2, -0.15) is 0 Å². The molecule has 0 N–H and O–H groups in total. The van der Waals surface area contributed by atoms with Gasteiger partial charge in [0.05, 0.1) is 16.1 Å². The molecule has 3 nitrogen and oxygen atoms in total. The number of esters is 1. The van der Waals surface area contributed by atoms with Crippen LogP contribution in [0.15, 0.2) is 6.07 Å². The van der Waals surface area contributed by atoms with Crippen LogP contribution in [0, 0.1) is 0 Å². The topological polar surface area (TPSA) is 35.5 Å². The summed E-state index contributed by atoms with van der Waals surface area (Å²) in [5, 5.41) is 0.799. The molecule has 1 fully saturated rings. The summed E-state index contributed by atoms with van der Waals surface area (Å²) in [6, 6.07) is 1.68. The number of hydrogen-bond acceptors (Lipinski definition) is 3. The molecule has 1 aromatic rings. The predicted octanol–water partition coefficient (Wildman–Crippen LogP) is 4.29. The lowest BCUT2D eigenvalue weighted by molar-refractivity contribution is -0.131. The molecular formula is C13H13Cl3O3. The van der Waals surface area contributed by atoms with Crippen LogP contribution in [0.4, 0.5) is 0 Å². The Labute approximate surface area is 126 Å². The van der Waals surface area contributed by atoms with Crippen molar-refractivity contribution in [1.82, 2.24) is 0 Å². The molecule has 104 valence electrons. The number of halogens is 3. The number of carbonyl (C=O) groups excluding carboxylic acids is 1. The number of carbonyl (C=O) groups is 1. The third-order valence-corrected chi connectivity index (χ3v) is 4.08. The van der Waals surface area contributed by atoms with Crippen molar-refractivity contribution < 1.29 is 14.3 Å². The van der Waals surface area contributed by atoms with Gasteiger partial charge in [0, 0.05) is 20.0 Å². The van der Waals surface area contributed by atoms with E-state index in [9.17, 15) is 4.79 Å². The van der Waals surface area contributed by atoms with Gasteiger partial charge in [-0.15, -0.1) is 0 Å². The van der Waals surface area contributed by atoms with Crippen LogP contribution >= 0.6 is 34.8 Å². The lowest BCUT2D eigenvalue weighted by atomic mass is 10.1. The van der Waals surface area contributed by atoms with E-state index >= 15 is 0 Å². The van der Waals surface area contributed by atoms with Gasteiger partial charge in [-0.1, -0.05) is 34.8 Å². The lowest BCUT2D eigenvalue weighted by Gasteiger charge is -2.14. The second-order valence-corrected chi connectivity index (χ2v) is 5.57. The molecule has 1 aliphatic heterocycles. The van der Waals surface area contributed by atoms with Crippen molar-refractivity contribution in [3.63, 3.8) is 0 Å². The molecule has 19 heavy (non-hydrogen) atoms. The Morgan fingerprint density at radius 2 is 2.16 bits per heavy atom. The average molecular weight is 324 g/mol. The maximum Gasteiger partial charge on any atom is 0.308 e. The van der Waals surface area contributed by atoms with E-state index in [2.05, 4.69) is 0 Å². The van der Waals surface area contributed by atoms with Crippen LogP contribution in [-0.2, 0) is 16.0 Å². The zero-order valence-corrected chi connectivity index (χ0v) is 12.6. The first kappa shape index (κ1) is 14.9. The normalized spacial score (nSPS) is 18.6. The molecule has 1 aromatic carbocycles. The molecule has 6 heteroatoms. The summed E-state index contributed by atoms with van der Waals surface area (Å²) in [5.74, 6) is -0.385. The quantitative estimate of drug-likeness (QED) is 0.473. The zero-order chi connectivity index (χ0) is 14.0. The second kappa shape index (κ2) is 6.31. The highest BCUT2D eigenvalue weighted by molar-refractivity contribution is 6.45. The summed E-state index contributed by atoms with van der Waals surface area (Å²) in [4.78, 5) is 11.0. The van der Waals surface area contributed by atoms with Gasteiger partial charge in [-0.3, -0.25) is 4.79 Å². The summed E-state index contributed by atoms with van der Waals surface area (Å²) in [6.45, 7) is 2.05. The van der Waals surface area contributed by atoms with E-state index < -0.39 is 5.97 Å². The summed E-state index contributed by atoms with van der Waals surface area (Å²) >= 11 is 18.4. The first-order valence-corrected chi connectivity index (χ1v) is 7.08. The fourth-order valence-corrected chi connectivity index (χ4v) is 2.86. The Bertz CT molecular complexity index is 496. The van der Waals surface area contributed by atoms with Gasteiger partial charge in [0.1, 0.15) is 5.02 Å². The van der Waals surface area contributed by atoms with E-state index in [0.717, 1.165) is 25.0 Å². The first-order valence-electron chi connectivity index (χ1n) is 5.95. The molecule has 1 atom stereocenters. The smallest absolute Gasteiger partial charge is 0.308 e. The fraction of sp³-hybridized carbons (Fsp3) is 0.462. The van der Waals surface area contributed by atoms with Crippen molar-refractivity contribution in [3.8, 4) is 5.75 Å². The van der Waals surface area contributed by atoms with Crippen LogP contribution in [0.5, 0.6) is 5.75 Å². The second-order valence-electron chi connectivity index (χ2n) is 4.41. The zero-order valence-electron chi connectivity index (χ0n) is 10.3. The first-order chi connectivity index (χ1) is 8.99. The van der Waals surface area contributed by atoms with Crippen LogP contribution in [0.3, 0.4) is 0 Å². The fourth-order valence-electron chi connectivity index (χ4n) is 2.06. The van der Waals surface area contributed by atoms with E-state index in [1.165, 1.54) is 6.92 Å². The third kappa shape index (κ3) is 3.54. The molecule has 1 heterocycles. The summed E-state index contributed by atoms with van der Waals surface area (Å²) < 4.78 is 10.5. The minimum absolute atomic E-state index is 0.108. The molecule has 0 radical (unpaired) electrons. The van der Waals surface area contributed by atoms with Crippen LogP contribution < -0.4 is 4.74 Å². The minimum Gasteiger partial charge on any atom is -0.423 e. The molecular weight excluding hydrogens is 310 g/mol. The van der Waals surface area contributed by atoms with E-state index in [1.807, 2.05) is 0 Å². The lowest BCUT2D eigenvalue weighted by Crippen LogP contribution is -2.10. The van der Waals surface area contributed by atoms with Crippen LogP contribution in [0.1, 0.15) is 25.3 Å². The SMILES string of the molecule is CC(=O)Oc1c(Cl)cc(CC2CCCO2)c(Cl)c1Cl. The van der Waals surface area contributed by atoms with Gasteiger partial charge in [0.2, 0.25) is 0 Å². The Morgan fingerprint density at radius 1 is 1.42 bits per heavy atom. The molecule has 0 spiro atoms. The number of hydrogen-bond donors (Lipinski definition) is 0. The van der Waals surface area contributed by atoms with E-state index in [-0.39, 0.29) is 21.9 Å². The van der Waals surface area contributed by atoms with Crippen LogP contribution in [0.25, 0.3) is 0 Å². The molecule has 1 unspecified atom stereocenters. The Kier molecular flexibility index (Phi) is 4.96. The highest BCUT2D eigenvalue weighted by Gasteiger charge is 2.22. The number of rotatable bonds is 3. The van der Waals surface area contributed by atoms with Crippen molar-refractivity contribution in [2.75, 3.05) is 6.61 Å². The molecule has 0 aromatic heterocycles. The van der Waals surface area contributed by atoms with Gasteiger partial charge < -0.3 is 9.47 Å². The van der Waals surface area contributed by atoms with E-state index in [1.54, 1.807) is 6.07 Å². The van der Waals surface area contributed by atoms with Gasteiger partial charge in [0.25, 0.3) is 0 Å². The molecule has 1 aliphatic rings. The minimum atomic E-state index is -0.494. The molecule has 0 aliphatic carbocycles. The van der Waals surface area contributed by atoms with Crippen LogP contribution in [0.2, 0.25) is 15.1 Å². The van der Waals surface area contributed by atoms with E-state index in [0.29, 0.717) is 11.4 Å².